The number of benzene rings is 2. The number of nitrogens with zero attached hydrogens (tertiary/aromatic N) is 1. The van der Waals surface area contributed by atoms with Crippen molar-refractivity contribution in [3.63, 3.8) is 0 Å². The summed E-state index contributed by atoms with van der Waals surface area (Å²) >= 11 is 5.94. The lowest BCUT2D eigenvalue weighted by Crippen LogP contribution is -2.17. The number of carbonyl (C=O) groups excluding carboxylic acids is 1. The number of allylic oxidation sites excluding steroid dienone is 1. The minimum Gasteiger partial charge on any atom is -0.457 e. The Hall–Kier alpha value is -3.15. The Morgan fingerprint density at radius 3 is 2.46 bits per heavy atom. The van der Waals surface area contributed by atoms with Gasteiger partial charge in [-0.15, -0.1) is 0 Å². The normalized spacial score (nSPS) is 12.3. The molecule has 1 N–H and O–H groups in total. The lowest BCUT2D eigenvalue weighted by Gasteiger charge is -2.14. The van der Waals surface area contributed by atoms with E-state index in [9.17, 15) is 9.90 Å². The molecule has 28 heavy (non-hydrogen) atoms. The van der Waals surface area contributed by atoms with Crippen molar-refractivity contribution in [1.82, 2.24) is 4.98 Å². The van der Waals surface area contributed by atoms with E-state index in [4.69, 9.17) is 21.1 Å². The number of carbonyl (C=O) groups is 1. The summed E-state index contributed by atoms with van der Waals surface area (Å²) in [6.45, 7) is 1.66. The number of pyridine rings is 1. The van der Waals surface area contributed by atoms with Crippen molar-refractivity contribution in [3.05, 3.63) is 95.3 Å². The van der Waals surface area contributed by atoms with E-state index in [-0.39, 0.29) is 5.57 Å². The van der Waals surface area contributed by atoms with Crippen LogP contribution in [-0.2, 0) is 4.79 Å². The maximum Gasteiger partial charge on any atom is 0.342 e. The van der Waals surface area contributed by atoms with Gasteiger partial charge in [-0.2, -0.15) is 0 Å². The second-order valence-electron chi connectivity index (χ2n) is 5.85. The summed E-state index contributed by atoms with van der Waals surface area (Å²) in [4.78, 5) is 16.4. The van der Waals surface area contributed by atoms with Crippen LogP contribution in [0, 0.1) is 0 Å². The first-order chi connectivity index (χ1) is 13.6. The van der Waals surface area contributed by atoms with Gasteiger partial charge in [0.15, 0.2) is 0 Å². The molecule has 0 bridgehead atoms. The molecule has 3 aromatic rings. The van der Waals surface area contributed by atoms with E-state index in [1.165, 1.54) is 12.3 Å². The number of aliphatic hydroxyl groups excluding tert-OH is 1. The highest BCUT2D eigenvalue weighted by atomic mass is 35.5. The molecule has 0 radical (unpaired) electrons. The number of aliphatic hydroxyl groups is 1. The maximum absolute atomic E-state index is 12.5. The van der Waals surface area contributed by atoms with E-state index in [1.807, 2.05) is 0 Å². The third kappa shape index (κ3) is 4.97. The Bertz CT molecular complexity index is 971. The fourth-order valence-electron chi connectivity index (χ4n) is 2.51. The van der Waals surface area contributed by atoms with Crippen LogP contribution in [0.5, 0.6) is 17.2 Å². The Morgan fingerprint density at radius 1 is 1.07 bits per heavy atom. The third-order valence-electron chi connectivity index (χ3n) is 3.91. The van der Waals surface area contributed by atoms with Gasteiger partial charge in [-0.05, 0) is 55.5 Å². The number of rotatable bonds is 6. The van der Waals surface area contributed by atoms with Gasteiger partial charge in [0.05, 0.1) is 5.57 Å². The molecule has 5 nitrogen and oxygen atoms in total. The quantitative estimate of drug-likeness (QED) is 0.356. The van der Waals surface area contributed by atoms with Gasteiger partial charge in [0.25, 0.3) is 0 Å². The van der Waals surface area contributed by atoms with Gasteiger partial charge in [0, 0.05) is 23.0 Å². The van der Waals surface area contributed by atoms with Gasteiger partial charge in [-0.1, -0.05) is 29.8 Å². The summed E-state index contributed by atoms with van der Waals surface area (Å²) in [6.07, 6.45) is 3.51. The summed E-state index contributed by atoms with van der Waals surface area (Å²) in [5.74, 6) is 0.875. The zero-order chi connectivity index (χ0) is 19.9. The van der Waals surface area contributed by atoms with Crippen molar-refractivity contribution in [2.24, 2.45) is 0 Å². The highest BCUT2D eigenvalue weighted by Crippen LogP contribution is 2.27. The van der Waals surface area contributed by atoms with Gasteiger partial charge in [-0.3, -0.25) is 4.98 Å². The van der Waals surface area contributed by atoms with Gasteiger partial charge < -0.3 is 14.6 Å². The number of halogens is 1. The van der Waals surface area contributed by atoms with Crippen LogP contribution >= 0.6 is 11.6 Å². The van der Waals surface area contributed by atoms with E-state index >= 15 is 0 Å². The van der Waals surface area contributed by atoms with Crippen LogP contribution in [-0.4, -0.2) is 16.1 Å². The van der Waals surface area contributed by atoms with Crippen LogP contribution in [0.2, 0.25) is 5.02 Å². The molecule has 0 fully saturated rings. The van der Waals surface area contributed by atoms with E-state index in [2.05, 4.69) is 4.98 Å². The Balaban J connectivity index is 1.66. The molecule has 0 spiro atoms. The fourth-order valence-corrected chi connectivity index (χ4v) is 2.69. The van der Waals surface area contributed by atoms with Crippen molar-refractivity contribution >= 4 is 17.6 Å². The van der Waals surface area contributed by atoms with Crippen LogP contribution < -0.4 is 9.47 Å². The minimum atomic E-state index is -1.11. The number of hydrogen-bond acceptors (Lipinski definition) is 5. The predicted octanol–water partition coefficient (Wildman–Crippen LogP) is 5.11. The molecular formula is C22H18ClNO4. The Labute approximate surface area is 167 Å². The summed E-state index contributed by atoms with van der Waals surface area (Å²) in [5.41, 5.74) is 0.644. The first kappa shape index (κ1) is 19.6. The lowest BCUT2D eigenvalue weighted by molar-refractivity contribution is -0.131. The molecular weight excluding hydrogens is 378 g/mol. The number of ether oxygens (including phenoxy) is 2. The monoisotopic (exact) mass is 395 g/mol. The van der Waals surface area contributed by atoms with Crippen LogP contribution in [0.15, 0.2) is 84.7 Å². The topological polar surface area (TPSA) is 68.7 Å². The fraction of sp³-hybridized carbons (Fsp3) is 0.0909. The average molecular weight is 396 g/mol. The summed E-state index contributed by atoms with van der Waals surface area (Å²) in [7, 11) is 0. The zero-order valence-electron chi connectivity index (χ0n) is 15.1. The molecule has 0 aliphatic heterocycles. The van der Waals surface area contributed by atoms with Crippen molar-refractivity contribution in [1.29, 1.82) is 0 Å². The maximum atomic E-state index is 12.5. The summed E-state index contributed by atoms with van der Waals surface area (Å²) in [5, 5.41) is 11.0. The van der Waals surface area contributed by atoms with E-state index < -0.39 is 12.1 Å². The van der Waals surface area contributed by atoms with Crippen molar-refractivity contribution in [3.8, 4) is 17.2 Å². The largest absolute Gasteiger partial charge is 0.457 e. The van der Waals surface area contributed by atoms with Gasteiger partial charge >= 0.3 is 5.97 Å². The molecule has 0 aliphatic rings. The summed E-state index contributed by atoms with van der Waals surface area (Å²) in [6, 6.07) is 17.0. The molecule has 3 rings (SSSR count). The molecule has 0 aliphatic carbocycles. The molecule has 0 saturated carbocycles. The van der Waals surface area contributed by atoms with Gasteiger partial charge in [0.1, 0.15) is 23.4 Å². The second-order valence-corrected chi connectivity index (χ2v) is 6.29. The molecule has 1 atom stereocenters. The molecule has 1 aromatic heterocycles. The average Bonchev–Trinajstić information content (AvgIpc) is 2.70. The van der Waals surface area contributed by atoms with Crippen LogP contribution in [0.4, 0.5) is 0 Å². The standard InChI is InChI=1S/C22H18ClNO4/c1-2-20(21(25)15-5-4-12-24-14-15)22(26)28-18-10-8-17(9-11-18)27-19-7-3-6-16(23)13-19/h2-14,21,25H,1H3. The number of esters is 1. The van der Waals surface area contributed by atoms with Gasteiger partial charge in [0.2, 0.25) is 0 Å². The van der Waals surface area contributed by atoms with Crippen molar-refractivity contribution < 1.29 is 19.4 Å². The van der Waals surface area contributed by atoms with E-state index in [1.54, 1.807) is 73.8 Å². The molecule has 1 unspecified atom stereocenters. The van der Waals surface area contributed by atoms with Crippen LogP contribution in [0.3, 0.4) is 0 Å². The highest BCUT2D eigenvalue weighted by Gasteiger charge is 2.21. The van der Waals surface area contributed by atoms with E-state index in [0.717, 1.165) is 0 Å². The smallest absolute Gasteiger partial charge is 0.342 e. The van der Waals surface area contributed by atoms with Crippen LogP contribution in [0.1, 0.15) is 18.6 Å². The van der Waals surface area contributed by atoms with Crippen molar-refractivity contribution in [2.75, 3.05) is 0 Å². The third-order valence-corrected chi connectivity index (χ3v) is 4.14. The predicted molar refractivity (Wildman–Crippen MR) is 107 cm³/mol. The lowest BCUT2D eigenvalue weighted by atomic mass is 10.0. The Kier molecular flexibility index (Phi) is 6.42. The second kappa shape index (κ2) is 9.17. The molecule has 6 heteroatoms. The van der Waals surface area contributed by atoms with Crippen molar-refractivity contribution in [2.45, 2.75) is 13.0 Å². The van der Waals surface area contributed by atoms with Gasteiger partial charge in [-0.25, -0.2) is 4.79 Å². The molecule has 0 amide bonds. The molecule has 2 aromatic carbocycles. The minimum absolute atomic E-state index is 0.132. The molecule has 1 heterocycles. The van der Waals surface area contributed by atoms with Crippen LogP contribution in [0.25, 0.3) is 0 Å². The summed E-state index contributed by atoms with van der Waals surface area (Å²) < 4.78 is 11.1. The Morgan fingerprint density at radius 2 is 1.82 bits per heavy atom. The first-order valence-electron chi connectivity index (χ1n) is 8.56. The molecule has 142 valence electrons. The highest BCUT2D eigenvalue weighted by molar-refractivity contribution is 6.30. The number of aromatic nitrogens is 1. The van der Waals surface area contributed by atoms with E-state index in [0.29, 0.717) is 27.8 Å². The number of hydrogen-bond donors (Lipinski definition) is 1. The SMILES string of the molecule is CC=C(C(=O)Oc1ccc(Oc2cccc(Cl)c2)cc1)C(O)c1cccnc1. The first-order valence-corrected chi connectivity index (χ1v) is 8.94. The zero-order valence-corrected chi connectivity index (χ0v) is 15.8. The molecule has 0 saturated heterocycles.